The van der Waals surface area contributed by atoms with E-state index in [9.17, 15) is 18.8 Å². The summed E-state index contributed by atoms with van der Waals surface area (Å²) >= 11 is 0. The van der Waals surface area contributed by atoms with E-state index in [1.54, 1.807) is 49.4 Å². The Balaban J connectivity index is 2.08. The summed E-state index contributed by atoms with van der Waals surface area (Å²) in [5, 5.41) is 3.39. The Morgan fingerprint density at radius 1 is 1.12 bits per heavy atom. The molecule has 7 nitrogen and oxygen atoms in total. The van der Waals surface area contributed by atoms with Crippen LogP contribution in [0, 0.1) is 12.3 Å². The summed E-state index contributed by atoms with van der Waals surface area (Å²) in [4.78, 5) is 39.1. The molecule has 0 saturated heterocycles. The number of hydrogen-bond acceptors (Lipinski definition) is 7. The van der Waals surface area contributed by atoms with Crippen molar-refractivity contribution in [3.8, 4) is 12.3 Å². The Hall–Kier alpha value is -4.38. The van der Waals surface area contributed by atoms with E-state index in [1.807, 2.05) is 0 Å². The van der Waals surface area contributed by atoms with Gasteiger partial charge in [0.05, 0.1) is 40.6 Å². The van der Waals surface area contributed by atoms with Crippen LogP contribution in [0.5, 0.6) is 0 Å². The first-order valence-corrected chi connectivity index (χ1v) is 10.3. The number of esters is 2. The first-order chi connectivity index (χ1) is 16.4. The average Bonchev–Trinajstić information content (AvgIpc) is 2.86. The molecular formula is C26H20FNO6. The molecule has 1 aliphatic heterocycles. The molecule has 0 radical (unpaired) electrons. The molecule has 1 atom stereocenters. The number of methoxy groups -OCH3 is 1. The summed E-state index contributed by atoms with van der Waals surface area (Å²) in [6, 6.07) is 11.5. The first-order valence-electron chi connectivity index (χ1n) is 10.3. The SMILES string of the molecule is C#CCOC(=O)C1=C(CF)NC(C)=C(C(=O)OC)C1c1cccc2c(=O)c3ccccc3oc12. The van der Waals surface area contributed by atoms with Gasteiger partial charge < -0.3 is 19.2 Å². The molecule has 34 heavy (non-hydrogen) atoms. The number of para-hydroxylation sites is 2. The van der Waals surface area contributed by atoms with E-state index in [1.165, 1.54) is 7.11 Å². The highest BCUT2D eigenvalue weighted by Gasteiger charge is 2.40. The molecule has 1 aliphatic rings. The van der Waals surface area contributed by atoms with E-state index >= 15 is 0 Å². The zero-order valence-electron chi connectivity index (χ0n) is 18.4. The number of dihydropyridines is 1. The molecule has 0 aliphatic carbocycles. The Morgan fingerprint density at radius 2 is 1.85 bits per heavy atom. The molecule has 8 heteroatoms. The highest BCUT2D eigenvalue weighted by atomic mass is 19.1. The molecule has 0 bridgehead atoms. The number of ether oxygens (including phenoxy) is 2. The van der Waals surface area contributed by atoms with Gasteiger partial charge in [-0.2, -0.15) is 0 Å². The number of rotatable bonds is 5. The van der Waals surface area contributed by atoms with Crippen LogP contribution in [0.15, 0.2) is 74.2 Å². The van der Waals surface area contributed by atoms with E-state index < -0.39 is 24.5 Å². The number of allylic oxidation sites excluding steroid dienone is 2. The highest BCUT2D eigenvalue weighted by molar-refractivity contribution is 6.02. The van der Waals surface area contributed by atoms with Crippen molar-refractivity contribution in [2.45, 2.75) is 12.8 Å². The van der Waals surface area contributed by atoms with E-state index in [0.29, 0.717) is 16.5 Å². The average molecular weight is 461 g/mol. The van der Waals surface area contributed by atoms with Crippen molar-refractivity contribution in [2.24, 2.45) is 0 Å². The number of terminal acetylenes is 1. The molecule has 0 fully saturated rings. The van der Waals surface area contributed by atoms with Crippen LogP contribution in [-0.2, 0) is 19.1 Å². The van der Waals surface area contributed by atoms with E-state index in [-0.39, 0.29) is 45.5 Å². The van der Waals surface area contributed by atoms with Crippen molar-refractivity contribution in [1.29, 1.82) is 0 Å². The summed E-state index contributed by atoms with van der Waals surface area (Å²) in [6.45, 7) is 0.176. The van der Waals surface area contributed by atoms with Crippen LogP contribution < -0.4 is 10.7 Å². The van der Waals surface area contributed by atoms with Gasteiger partial charge in [0, 0.05) is 11.3 Å². The van der Waals surface area contributed by atoms with Crippen molar-refractivity contribution in [3.05, 3.63) is 80.8 Å². The van der Waals surface area contributed by atoms with Gasteiger partial charge in [-0.15, -0.1) is 6.42 Å². The van der Waals surface area contributed by atoms with Crippen LogP contribution >= 0.6 is 0 Å². The van der Waals surface area contributed by atoms with Crippen molar-refractivity contribution < 1.29 is 27.9 Å². The zero-order chi connectivity index (χ0) is 24.4. The van der Waals surface area contributed by atoms with Crippen molar-refractivity contribution in [3.63, 3.8) is 0 Å². The molecule has 1 aromatic heterocycles. The number of alkyl halides is 1. The molecule has 1 N–H and O–H groups in total. The lowest BCUT2D eigenvalue weighted by Crippen LogP contribution is -2.34. The number of nitrogens with one attached hydrogen (secondary N) is 1. The summed E-state index contributed by atoms with van der Waals surface area (Å²) in [7, 11) is 1.20. The monoisotopic (exact) mass is 461 g/mol. The fourth-order valence-corrected chi connectivity index (χ4v) is 4.19. The molecule has 3 aromatic rings. The smallest absolute Gasteiger partial charge is 0.337 e. The topological polar surface area (TPSA) is 94.8 Å². The summed E-state index contributed by atoms with van der Waals surface area (Å²) in [5.74, 6) is -0.594. The lowest BCUT2D eigenvalue weighted by molar-refractivity contribution is -0.138. The number of fused-ring (bicyclic) bond motifs is 2. The van der Waals surface area contributed by atoms with Crippen LogP contribution in [0.25, 0.3) is 21.9 Å². The van der Waals surface area contributed by atoms with Crippen LogP contribution in [-0.4, -0.2) is 32.3 Å². The second kappa shape index (κ2) is 9.24. The van der Waals surface area contributed by atoms with Gasteiger partial charge in [-0.25, -0.2) is 14.0 Å². The Bertz CT molecular complexity index is 1490. The zero-order valence-corrected chi connectivity index (χ0v) is 18.4. The second-order valence-electron chi connectivity index (χ2n) is 7.55. The molecule has 0 spiro atoms. The highest BCUT2D eigenvalue weighted by Crippen LogP contribution is 2.42. The molecule has 4 rings (SSSR count). The Morgan fingerprint density at radius 3 is 2.56 bits per heavy atom. The van der Waals surface area contributed by atoms with Crippen molar-refractivity contribution >= 4 is 33.9 Å². The van der Waals surface area contributed by atoms with Gasteiger partial charge in [-0.05, 0) is 25.1 Å². The summed E-state index contributed by atoms with van der Waals surface area (Å²) in [6.07, 6.45) is 5.22. The molecule has 0 amide bonds. The molecule has 2 aromatic carbocycles. The fourth-order valence-electron chi connectivity index (χ4n) is 4.19. The van der Waals surface area contributed by atoms with E-state index in [0.717, 1.165) is 0 Å². The summed E-state index contributed by atoms with van der Waals surface area (Å²) in [5.41, 5.74) is 0.609. The first kappa shape index (κ1) is 22.8. The predicted octanol–water partition coefficient (Wildman–Crippen LogP) is 3.48. The third-order valence-corrected chi connectivity index (χ3v) is 5.64. The molecule has 1 unspecified atom stereocenters. The van der Waals surface area contributed by atoms with Gasteiger partial charge in [0.2, 0.25) is 5.43 Å². The molecule has 0 saturated carbocycles. The largest absolute Gasteiger partial charge is 0.466 e. The van der Waals surface area contributed by atoms with E-state index in [4.69, 9.17) is 20.3 Å². The number of hydrogen-bond donors (Lipinski definition) is 1. The minimum atomic E-state index is -1.14. The third-order valence-electron chi connectivity index (χ3n) is 5.64. The van der Waals surface area contributed by atoms with Gasteiger partial charge in [-0.1, -0.05) is 30.2 Å². The standard InChI is InChI=1S/C26H20FNO6/c1-4-12-33-26(31)22-18(13-27)28-14(2)20(25(30)32-3)21(22)16-9-7-10-17-23(29)15-8-5-6-11-19(15)34-24(16)17/h1,5-11,21,28H,12-13H2,2-3H3. The summed E-state index contributed by atoms with van der Waals surface area (Å²) < 4.78 is 30.3. The van der Waals surface area contributed by atoms with Crippen molar-refractivity contribution in [1.82, 2.24) is 5.32 Å². The minimum absolute atomic E-state index is 0.0515. The van der Waals surface area contributed by atoms with Crippen LogP contribution in [0.3, 0.4) is 0 Å². The number of carbonyl (C=O) groups excluding carboxylic acids is 2. The van der Waals surface area contributed by atoms with Crippen LogP contribution in [0.4, 0.5) is 4.39 Å². The van der Waals surface area contributed by atoms with Crippen LogP contribution in [0.1, 0.15) is 18.4 Å². The van der Waals surface area contributed by atoms with Gasteiger partial charge >= 0.3 is 11.9 Å². The minimum Gasteiger partial charge on any atom is -0.466 e. The van der Waals surface area contributed by atoms with Gasteiger partial charge in [0.15, 0.2) is 6.61 Å². The van der Waals surface area contributed by atoms with Crippen LogP contribution in [0.2, 0.25) is 0 Å². The Kier molecular flexibility index (Phi) is 6.19. The lowest BCUT2D eigenvalue weighted by Gasteiger charge is -2.30. The van der Waals surface area contributed by atoms with Gasteiger partial charge in [0.25, 0.3) is 0 Å². The van der Waals surface area contributed by atoms with Gasteiger partial charge in [-0.3, -0.25) is 4.79 Å². The number of carbonyl (C=O) groups is 2. The maximum absolute atomic E-state index is 14.1. The van der Waals surface area contributed by atoms with E-state index in [2.05, 4.69) is 11.2 Å². The maximum atomic E-state index is 14.1. The quantitative estimate of drug-likeness (QED) is 0.353. The molecule has 172 valence electrons. The molecular weight excluding hydrogens is 441 g/mol. The number of halogens is 1. The third kappa shape index (κ3) is 3.71. The second-order valence-corrected chi connectivity index (χ2v) is 7.55. The fraction of sp³-hybridized carbons (Fsp3) is 0.192. The number of benzene rings is 2. The maximum Gasteiger partial charge on any atom is 0.337 e. The lowest BCUT2D eigenvalue weighted by atomic mass is 9.79. The normalized spacial score (nSPS) is 15.8. The Labute approximate surface area is 193 Å². The predicted molar refractivity (Wildman–Crippen MR) is 123 cm³/mol. The van der Waals surface area contributed by atoms with Gasteiger partial charge in [0.1, 0.15) is 17.8 Å². The molecule has 2 heterocycles. The van der Waals surface area contributed by atoms with Crippen molar-refractivity contribution in [2.75, 3.05) is 20.4 Å².